The quantitative estimate of drug-likeness (QED) is 0.926. The van der Waals surface area contributed by atoms with Gasteiger partial charge in [-0.1, -0.05) is 30.3 Å². The van der Waals surface area contributed by atoms with E-state index in [1.807, 2.05) is 51.4 Å². The molecular formula is C19H24N4O2. The maximum atomic E-state index is 11.9. The molecular weight excluding hydrogens is 316 g/mol. The van der Waals surface area contributed by atoms with Gasteiger partial charge in [0.2, 0.25) is 5.95 Å². The van der Waals surface area contributed by atoms with Gasteiger partial charge in [-0.05, 0) is 31.9 Å². The predicted octanol–water partition coefficient (Wildman–Crippen LogP) is 3.10. The highest BCUT2D eigenvalue weighted by molar-refractivity contribution is 5.69. The molecule has 1 aliphatic heterocycles. The monoisotopic (exact) mass is 340 g/mol. The molecule has 1 aromatic heterocycles. The molecule has 0 radical (unpaired) electrons. The summed E-state index contributed by atoms with van der Waals surface area (Å²) in [4.78, 5) is 22.3. The van der Waals surface area contributed by atoms with Crippen LogP contribution in [0.1, 0.15) is 31.9 Å². The minimum Gasteiger partial charge on any atom is -0.444 e. The van der Waals surface area contributed by atoms with Gasteiger partial charge in [0.05, 0.1) is 6.04 Å². The molecule has 6 heteroatoms. The lowest BCUT2D eigenvalue weighted by atomic mass is 10.1. The van der Waals surface area contributed by atoms with Crippen molar-refractivity contribution in [1.29, 1.82) is 0 Å². The highest BCUT2D eigenvalue weighted by Gasteiger charge is 2.33. The third-order valence-electron chi connectivity index (χ3n) is 3.82. The summed E-state index contributed by atoms with van der Waals surface area (Å²) in [6.07, 6.45) is 4.22. The van der Waals surface area contributed by atoms with Crippen molar-refractivity contribution in [3.05, 3.63) is 53.9 Å². The number of benzene rings is 1. The van der Waals surface area contributed by atoms with Crippen molar-refractivity contribution in [3.63, 3.8) is 0 Å². The first-order valence-electron chi connectivity index (χ1n) is 8.48. The van der Waals surface area contributed by atoms with Crippen LogP contribution in [0.2, 0.25) is 0 Å². The van der Waals surface area contributed by atoms with E-state index >= 15 is 0 Å². The number of anilines is 1. The van der Waals surface area contributed by atoms with E-state index in [4.69, 9.17) is 4.74 Å². The largest absolute Gasteiger partial charge is 0.444 e. The number of aromatic nitrogens is 2. The van der Waals surface area contributed by atoms with Gasteiger partial charge < -0.3 is 15.0 Å². The minimum atomic E-state index is -0.465. The molecule has 0 saturated carbocycles. The van der Waals surface area contributed by atoms with Crippen molar-refractivity contribution in [2.45, 2.75) is 38.8 Å². The molecule has 1 N–H and O–H groups in total. The fraction of sp³-hybridized carbons (Fsp3) is 0.421. The number of nitrogens with zero attached hydrogens (tertiary/aromatic N) is 3. The molecule has 0 aliphatic carbocycles. The lowest BCUT2D eigenvalue weighted by Crippen LogP contribution is -2.58. The number of nitrogens with one attached hydrogen (secondary N) is 1. The average Bonchev–Trinajstić information content (AvgIpc) is 2.51. The van der Waals surface area contributed by atoms with Crippen LogP contribution in [0.4, 0.5) is 10.7 Å². The zero-order chi connectivity index (χ0) is 17.9. The van der Waals surface area contributed by atoms with Gasteiger partial charge in [0.25, 0.3) is 0 Å². The summed E-state index contributed by atoms with van der Waals surface area (Å²) >= 11 is 0. The molecule has 0 spiro atoms. The van der Waals surface area contributed by atoms with Gasteiger partial charge in [0.15, 0.2) is 0 Å². The van der Waals surface area contributed by atoms with E-state index in [0.717, 1.165) is 12.0 Å². The number of amides is 1. The van der Waals surface area contributed by atoms with E-state index < -0.39 is 5.60 Å². The molecule has 0 bridgehead atoms. The van der Waals surface area contributed by atoms with Crippen molar-refractivity contribution >= 4 is 12.0 Å². The molecule has 1 amide bonds. The van der Waals surface area contributed by atoms with Crippen molar-refractivity contribution in [2.24, 2.45) is 0 Å². The molecule has 25 heavy (non-hydrogen) atoms. The van der Waals surface area contributed by atoms with E-state index in [-0.39, 0.29) is 12.1 Å². The number of hydrogen-bond donors (Lipinski definition) is 1. The van der Waals surface area contributed by atoms with Crippen molar-refractivity contribution in [1.82, 2.24) is 14.9 Å². The maximum absolute atomic E-state index is 11.9. The van der Waals surface area contributed by atoms with Crippen LogP contribution >= 0.6 is 0 Å². The number of carbonyl (C=O) groups excluding carboxylic acids is 1. The summed E-state index contributed by atoms with van der Waals surface area (Å²) in [5, 5.41) is 3.25. The third-order valence-corrected chi connectivity index (χ3v) is 3.82. The Kier molecular flexibility index (Phi) is 4.88. The van der Waals surface area contributed by atoms with Crippen molar-refractivity contribution < 1.29 is 9.53 Å². The van der Waals surface area contributed by atoms with Gasteiger partial charge in [-0.2, -0.15) is 0 Å². The molecule has 1 fully saturated rings. The number of ether oxygens (including phenoxy) is 1. The highest BCUT2D eigenvalue weighted by atomic mass is 16.6. The summed E-state index contributed by atoms with van der Waals surface area (Å²) in [5.74, 6) is 0.589. The van der Waals surface area contributed by atoms with Gasteiger partial charge in [-0.25, -0.2) is 14.8 Å². The van der Waals surface area contributed by atoms with Crippen molar-refractivity contribution in [2.75, 3.05) is 18.4 Å². The van der Waals surface area contributed by atoms with Gasteiger partial charge >= 0.3 is 6.09 Å². The molecule has 2 heterocycles. The molecule has 2 aromatic rings. The molecule has 1 saturated heterocycles. The average molecular weight is 340 g/mol. The van der Waals surface area contributed by atoms with Crippen LogP contribution in [-0.2, 0) is 11.2 Å². The SMILES string of the molecule is CC(C)(C)OC(=O)N1CC(Nc2ncc(Cc3ccccc3)cn2)C1. The summed E-state index contributed by atoms with van der Waals surface area (Å²) in [7, 11) is 0. The van der Waals surface area contributed by atoms with Crippen LogP contribution in [0.3, 0.4) is 0 Å². The first-order chi connectivity index (χ1) is 11.9. The maximum Gasteiger partial charge on any atom is 0.410 e. The molecule has 132 valence electrons. The molecule has 1 aromatic carbocycles. The Hall–Kier alpha value is -2.63. The minimum absolute atomic E-state index is 0.160. The van der Waals surface area contributed by atoms with Gasteiger partial charge in [0, 0.05) is 31.9 Å². The first kappa shape index (κ1) is 17.2. The van der Waals surface area contributed by atoms with Crippen LogP contribution in [0.5, 0.6) is 0 Å². The first-order valence-corrected chi connectivity index (χ1v) is 8.48. The second-order valence-corrected chi connectivity index (χ2v) is 7.30. The standard InChI is InChI=1S/C19H24N4O2/c1-19(2,3)25-18(24)23-12-16(13-23)22-17-20-10-15(11-21-17)9-14-7-5-4-6-8-14/h4-8,10-11,16H,9,12-13H2,1-3H3,(H,20,21,22). The fourth-order valence-corrected chi connectivity index (χ4v) is 2.58. The van der Waals surface area contributed by atoms with Crippen LogP contribution in [0.25, 0.3) is 0 Å². The molecule has 0 unspecified atom stereocenters. The van der Waals surface area contributed by atoms with Crippen LogP contribution in [0, 0.1) is 0 Å². The van der Waals surface area contributed by atoms with Crippen molar-refractivity contribution in [3.8, 4) is 0 Å². The van der Waals surface area contributed by atoms with Gasteiger partial charge in [-0.3, -0.25) is 0 Å². The molecule has 0 atom stereocenters. The molecule has 3 rings (SSSR count). The summed E-state index contributed by atoms with van der Waals surface area (Å²) < 4.78 is 5.34. The zero-order valence-electron chi connectivity index (χ0n) is 14.9. The Bertz CT molecular complexity index is 704. The Labute approximate surface area is 148 Å². The summed E-state index contributed by atoms with van der Waals surface area (Å²) in [6, 6.07) is 10.4. The number of carbonyl (C=O) groups is 1. The van der Waals surface area contributed by atoms with Crippen LogP contribution < -0.4 is 5.32 Å². The van der Waals surface area contributed by atoms with E-state index in [0.29, 0.717) is 19.0 Å². The van der Waals surface area contributed by atoms with E-state index in [9.17, 15) is 4.79 Å². The Morgan fingerprint density at radius 2 is 1.80 bits per heavy atom. The Morgan fingerprint density at radius 3 is 2.40 bits per heavy atom. The highest BCUT2D eigenvalue weighted by Crippen LogP contribution is 2.17. The van der Waals surface area contributed by atoms with Gasteiger partial charge in [-0.15, -0.1) is 0 Å². The normalized spacial score (nSPS) is 14.8. The number of hydrogen-bond acceptors (Lipinski definition) is 5. The van der Waals surface area contributed by atoms with E-state index in [1.54, 1.807) is 4.90 Å². The fourth-order valence-electron chi connectivity index (χ4n) is 2.58. The van der Waals surface area contributed by atoms with E-state index in [1.165, 1.54) is 5.56 Å². The van der Waals surface area contributed by atoms with Crippen LogP contribution in [-0.4, -0.2) is 45.7 Å². The van der Waals surface area contributed by atoms with Gasteiger partial charge in [0.1, 0.15) is 5.60 Å². The third kappa shape index (κ3) is 4.92. The van der Waals surface area contributed by atoms with Crippen LogP contribution in [0.15, 0.2) is 42.7 Å². The zero-order valence-corrected chi connectivity index (χ0v) is 14.9. The lowest BCUT2D eigenvalue weighted by Gasteiger charge is -2.39. The molecule has 6 nitrogen and oxygen atoms in total. The Balaban J connectivity index is 1.46. The second kappa shape index (κ2) is 7.09. The predicted molar refractivity (Wildman–Crippen MR) is 96.5 cm³/mol. The molecule has 1 aliphatic rings. The second-order valence-electron chi connectivity index (χ2n) is 7.30. The Morgan fingerprint density at radius 1 is 1.16 bits per heavy atom. The summed E-state index contributed by atoms with van der Waals surface area (Å²) in [5.41, 5.74) is 1.84. The lowest BCUT2D eigenvalue weighted by molar-refractivity contribution is 0.0104. The number of rotatable bonds is 4. The smallest absolute Gasteiger partial charge is 0.410 e. The topological polar surface area (TPSA) is 67.3 Å². The summed E-state index contributed by atoms with van der Waals surface area (Å²) in [6.45, 7) is 6.80. The number of likely N-dealkylation sites (tertiary alicyclic amines) is 1. The van der Waals surface area contributed by atoms with E-state index in [2.05, 4.69) is 27.4 Å².